The molecule has 0 amide bonds. The molecule has 0 heteroatoms. The number of hydrogen-bond acceptors (Lipinski definition) is 0. The first-order chi connectivity index (χ1) is 11.4. The topological polar surface area (TPSA) is 0 Å². The zero-order chi connectivity index (χ0) is 15.5. The van der Waals surface area contributed by atoms with Crippen LogP contribution in [-0.2, 0) is 0 Å². The van der Waals surface area contributed by atoms with Gasteiger partial charge in [-0.1, -0.05) is 72.2 Å². The van der Waals surface area contributed by atoms with Gasteiger partial charge in [-0.2, -0.15) is 0 Å². The highest BCUT2D eigenvalue weighted by Crippen LogP contribution is 2.43. The predicted octanol–water partition coefficient (Wildman–Crippen LogP) is 4.59. The Morgan fingerprint density at radius 3 is 1.43 bits per heavy atom. The maximum Gasteiger partial charge on any atom is 0.0248 e. The minimum atomic E-state index is 0.455. The maximum atomic E-state index is 3.39. The summed E-state index contributed by atoms with van der Waals surface area (Å²) in [4.78, 5) is 0. The number of fused-ring (bicyclic) bond motifs is 2. The van der Waals surface area contributed by atoms with Crippen molar-refractivity contribution in [3.63, 3.8) is 0 Å². The number of rotatable bonds is 0. The summed E-state index contributed by atoms with van der Waals surface area (Å²) in [6.45, 7) is 0. The SMILES string of the molecule is C(#Cc1ccccc1)C1=C(C#Cc2ccccc2)[C@H]2C=C[C@@H]1C2. The maximum absolute atomic E-state index is 3.39. The molecule has 0 aliphatic heterocycles. The van der Waals surface area contributed by atoms with Crippen LogP contribution in [0.15, 0.2) is 84.0 Å². The highest BCUT2D eigenvalue weighted by atomic mass is 14.4. The van der Waals surface area contributed by atoms with Gasteiger partial charge in [-0.3, -0.25) is 0 Å². The van der Waals surface area contributed by atoms with Gasteiger partial charge in [-0.05, 0) is 30.7 Å². The first-order valence-electron chi connectivity index (χ1n) is 7.97. The van der Waals surface area contributed by atoms with Gasteiger partial charge in [0.15, 0.2) is 0 Å². The van der Waals surface area contributed by atoms with Gasteiger partial charge in [0.1, 0.15) is 0 Å². The van der Waals surface area contributed by atoms with Crippen LogP contribution in [-0.4, -0.2) is 0 Å². The number of hydrogen-bond donors (Lipinski definition) is 0. The molecule has 108 valence electrons. The molecule has 2 aliphatic carbocycles. The van der Waals surface area contributed by atoms with Crippen molar-refractivity contribution < 1.29 is 0 Å². The van der Waals surface area contributed by atoms with Crippen LogP contribution >= 0.6 is 0 Å². The van der Waals surface area contributed by atoms with Crippen molar-refractivity contribution in [1.29, 1.82) is 0 Å². The highest BCUT2D eigenvalue weighted by molar-refractivity contribution is 5.57. The van der Waals surface area contributed by atoms with Crippen molar-refractivity contribution in [1.82, 2.24) is 0 Å². The van der Waals surface area contributed by atoms with E-state index in [-0.39, 0.29) is 0 Å². The molecule has 4 rings (SSSR count). The van der Waals surface area contributed by atoms with Crippen molar-refractivity contribution in [2.24, 2.45) is 11.8 Å². The third-order valence-corrected chi connectivity index (χ3v) is 4.35. The van der Waals surface area contributed by atoms with Gasteiger partial charge >= 0.3 is 0 Å². The van der Waals surface area contributed by atoms with Crippen LogP contribution in [0.5, 0.6) is 0 Å². The third-order valence-electron chi connectivity index (χ3n) is 4.35. The zero-order valence-corrected chi connectivity index (χ0v) is 12.8. The normalized spacial score (nSPS) is 20.7. The Kier molecular flexibility index (Phi) is 3.59. The van der Waals surface area contributed by atoms with Crippen LogP contribution < -0.4 is 0 Å². The summed E-state index contributed by atoms with van der Waals surface area (Å²) in [7, 11) is 0. The van der Waals surface area contributed by atoms with E-state index in [0.717, 1.165) is 17.5 Å². The van der Waals surface area contributed by atoms with E-state index in [1.54, 1.807) is 0 Å². The van der Waals surface area contributed by atoms with Gasteiger partial charge in [-0.25, -0.2) is 0 Å². The first kappa shape index (κ1) is 13.7. The van der Waals surface area contributed by atoms with Gasteiger partial charge in [0.2, 0.25) is 0 Å². The second-order valence-corrected chi connectivity index (χ2v) is 5.89. The zero-order valence-electron chi connectivity index (χ0n) is 12.8. The fourth-order valence-corrected chi connectivity index (χ4v) is 3.17. The lowest BCUT2D eigenvalue weighted by molar-refractivity contribution is 0.716. The Morgan fingerprint density at radius 2 is 1.00 bits per heavy atom. The Hall–Kier alpha value is -2.96. The smallest absolute Gasteiger partial charge is 0.0248 e. The molecule has 0 spiro atoms. The molecule has 0 saturated heterocycles. The molecule has 0 saturated carbocycles. The van der Waals surface area contributed by atoms with E-state index in [9.17, 15) is 0 Å². The van der Waals surface area contributed by atoms with E-state index in [2.05, 4.69) is 35.8 Å². The Balaban J connectivity index is 1.69. The molecule has 2 atom stereocenters. The van der Waals surface area contributed by atoms with E-state index >= 15 is 0 Å². The van der Waals surface area contributed by atoms with Gasteiger partial charge in [0, 0.05) is 34.1 Å². The molecule has 2 aliphatic rings. The van der Waals surface area contributed by atoms with E-state index < -0.39 is 0 Å². The molecule has 0 N–H and O–H groups in total. The van der Waals surface area contributed by atoms with Crippen LogP contribution in [0.1, 0.15) is 17.5 Å². The Bertz CT molecular complexity index is 815. The standard InChI is InChI=1S/C23H16/c1-3-7-18(8-4-1)11-15-22-20-13-14-21(17-20)23(22)16-12-19-9-5-2-6-10-19/h1-10,13-14,20-21H,17H2/t20-,21+. The largest absolute Gasteiger partial charge is 0.0796 e. The summed E-state index contributed by atoms with van der Waals surface area (Å²) in [5.41, 5.74) is 4.54. The van der Waals surface area contributed by atoms with Crippen LogP contribution in [0.25, 0.3) is 0 Å². The van der Waals surface area contributed by atoms with Gasteiger partial charge in [0.25, 0.3) is 0 Å². The fourth-order valence-electron chi connectivity index (χ4n) is 3.17. The van der Waals surface area contributed by atoms with E-state index in [4.69, 9.17) is 0 Å². The predicted molar refractivity (Wildman–Crippen MR) is 94.4 cm³/mol. The fraction of sp³-hybridized carbons (Fsp3) is 0.130. The third kappa shape index (κ3) is 2.85. The van der Waals surface area contributed by atoms with Gasteiger partial charge < -0.3 is 0 Å². The number of allylic oxidation sites excluding steroid dienone is 4. The Morgan fingerprint density at radius 1 is 0.565 bits per heavy atom. The molecule has 0 aromatic heterocycles. The minimum absolute atomic E-state index is 0.455. The second-order valence-electron chi connectivity index (χ2n) is 5.89. The lowest BCUT2D eigenvalue weighted by Gasteiger charge is -2.05. The van der Waals surface area contributed by atoms with E-state index in [1.165, 1.54) is 11.1 Å². The van der Waals surface area contributed by atoms with Crippen molar-refractivity contribution in [2.75, 3.05) is 0 Å². The molecule has 0 nitrogen and oxygen atoms in total. The van der Waals surface area contributed by atoms with Crippen LogP contribution in [0, 0.1) is 35.5 Å². The molecule has 2 aromatic rings. The quantitative estimate of drug-likeness (QED) is 0.492. The van der Waals surface area contributed by atoms with Crippen molar-refractivity contribution in [3.8, 4) is 23.7 Å². The Labute approximate surface area is 137 Å². The molecule has 23 heavy (non-hydrogen) atoms. The summed E-state index contributed by atoms with van der Waals surface area (Å²) in [5.74, 6) is 14.3. The lowest BCUT2D eigenvalue weighted by Crippen LogP contribution is -1.95. The summed E-state index contributed by atoms with van der Waals surface area (Å²) >= 11 is 0. The second kappa shape index (κ2) is 6.04. The van der Waals surface area contributed by atoms with Crippen LogP contribution in [0.4, 0.5) is 0 Å². The van der Waals surface area contributed by atoms with Crippen LogP contribution in [0.3, 0.4) is 0 Å². The summed E-state index contributed by atoms with van der Waals surface area (Å²) < 4.78 is 0. The molecule has 0 fully saturated rings. The molecule has 0 radical (unpaired) electrons. The van der Waals surface area contributed by atoms with Crippen molar-refractivity contribution in [2.45, 2.75) is 6.42 Å². The lowest BCUT2D eigenvalue weighted by atomic mass is 9.97. The number of benzene rings is 2. The average Bonchev–Trinajstić information content (AvgIpc) is 3.21. The first-order valence-corrected chi connectivity index (χ1v) is 7.97. The summed E-state index contributed by atoms with van der Waals surface area (Å²) in [5, 5.41) is 0. The highest BCUT2D eigenvalue weighted by Gasteiger charge is 2.33. The van der Waals surface area contributed by atoms with Gasteiger partial charge in [0.05, 0.1) is 0 Å². The average molecular weight is 292 g/mol. The summed E-state index contributed by atoms with van der Waals surface area (Å²) in [6.07, 6.45) is 5.71. The van der Waals surface area contributed by atoms with E-state index in [1.807, 2.05) is 60.7 Å². The molecule has 0 heterocycles. The van der Waals surface area contributed by atoms with Crippen molar-refractivity contribution in [3.05, 3.63) is 95.1 Å². The minimum Gasteiger partial charge on any atom is -0.0796 e. The summed E-state index contributed by atoms with van der Waals surface area (Å²) in [6, 6.07) is 20.3. The van der Waals surface area contributed by atoms with Gasteiger partial charge in [-0.15, -0.1) is 0 Å². The van der Waals surface area contributed by atoms with Crippen LogP contribution in [0.2, 0.25) is 0 Å². The molecular weight excluding hydrogens is 276 g/mol. The molecular formula is C23H16. The molecule has 2 bridgehead atoms. The van der Waals surface area contributed by atoms with Crippen molar-refractivity contribution >= 4 is 0 Å². The monoisotopic (exact) mass is 292 g/mol. The molecule has 2 aromatic carbocycles. The van der Waals surface area contributed by atoms with E-state index in [0.29, 0.717) is 11.8 Å². The molecule has 0 unspecified atom stereocenters.